The minimum atomic E-state index is -0.572. The summed E-state index contributed by atoms with van der Waals surface area (Å²) in [7, 11) is 0. The molecule has 1 aromatic heterocycles. The van der Waals surface area contributed by atoms with Crippen LogP contribution in [0.5, 0.6) is 0 Å². The number of halogens is 1. The fourth-order valence-corrected chi connectivity index (χ4v) is 2.74. The third kappa shape index (κ3) is 6.63. The van der Waals surface area contributed by atoms with Gasteiger partial charge in [0.15, 0.2) is 5.82 Å². The minimum absolute atomic E-state index is 0.130. The first-order valence-corrected chi connectivity index (χ1v) is 9.84. The average molecular weight is 426 g/mol. The highest BCUT2D eigenvalue weighted by molar-refractivity contribution is 6.28. The van der Waals surface area contributed by atoms with Crippen molar-refractivity contribution in [1.82, 2.24) is 9.97 Å². The van der Waals surface area contributed by atoms with Crippen molar-refractivity contribution in [1.29, 1.82) is 0 Å². The molecule has 0 aliphatic rings. The molecule has 1 amide bonds. The summed E-state index contributed by atoms with van der Waals surface area (Å²) < 4.78 is 5.29. The van der Waals surface area contributed by atoms with Crippen LogP contribution in [0.2, 0.25) is 5.28 Å². The minimum Gasteiger partial charge on any atom is -0.444 e. The smallest absolute Gasteiger partial charge is 0.412 e. The van der Waals surface area contributed by atoms with Crippen LogP contribution in [0.1, 0.15) is 26.3 Å². The van der Waals surface area contributed by atoms with Gasteiger partial charge in [0.2, 0.25) is 5.28 Å². The topological polar surface area (TPSA) is 88.2 Å². The highest BCUT2D eigenvalue weighted by Gasteiger charge is 2.16. The highest BCUT2D eigenvalue weighted by Crippen LogP contribution is 2.26. The van der Waals surface area contributed by atoms with Gasteiger partial charge in [-0.25, -0.2) is 9.78 Å². The Morgan fingerprint density at radius 1 is 1.07 bits per heavy atom. The number of hydrogen-bond acceptors (Lipinski definition) is 6. The number of ether oxygens (including phenoxy) is 1. The summed E-state index contributed by atoms with van der Waals surface area (Å²) in [6.45, 7) is 6.05. The monoisotopic (exact) mass is 425 g/mol. The molecular formula is C22H24ClN5O2. The molecule has 0 fully saturated rings. The predicted molar refractivity (Wildman–Crippen MR) is 120 cm³/mol. The van der Waals surface area contributed by atoms with Crippen LogP contribution in [-0.2, 0) is 11.3 Å². The lowest BCUT2D eigenvalue weighted by atomic mass is 10.2. The first-order chi connectivity index (χ1) is 14.3. The molecule has 0 bridgehead atoms. The fraction of sp³-hybridized carbons (Fsp3) is 0.227. The number of carbonyl (C=O) groups excluding carboxylic acids is 1. The Bertz CT molecular complexity index is 1010. The SMILES string of the molecule is CC(C)(C)OC(=O)Nc1cccc(Nc2nc(Cl)ncc2NCc2ccccc2)c1. The number of anilines is 4. The summed E-state index contributed by atoms with van der Waals surface area (Å²) in [4.78, 5) is 20.4. The summed E-state index contributed by atoms with van der Waals surface area (Å²) in [5, 5.41) is 9.39. The highest BCUT2D eigenvalue weighted by atomic mass is 35.5. The van der Waals surface area contributed by atoms with Crippen LogP contribution in [0, 0.1) is 0 Å². The predicted octanol–water partition coefficient (Wildman–Crippen LogP) is 5.83. The van der Waals surface area contributed by atoms with Crippen molar-refractivity contribution in [3.63, 3.8) is 0 Å². The van der Waals surface area contributed by atoms with Gasteiger partial charge in [-0.05, 0) is 56.1 Å². The van der Waals surface area contributed by atoms with Gasteiger partial charge in [-0.1, -0.05) is 36.4 Å². The van der Waals surface area contributed by atoms with Crippen LogP contribution < -0.4 is 16.0 Å². The van der Waals surface area contributed by atoms with Crippen molar-refractivity contribution in [2.24, 2.45) is 0 Å². The Hall–Kier alpha value is -3.32. The first-order valence-electron chi connectivity index (χ1n) is 9.46. The maximum atomic E-state index is 12.0. The lowest BCUT2D eigenvalue weighted by molar-refractivity contribution is 0.0636. The van der Waals surface area contributed by atoms with Crippen molar-refractivity contribution in [3.05, 3.63) is 71.6 Å². The van der Waals surface area contributed by atoms with E-state index in [9.17, 15) is 4.79 Å². The fourth-order valence-electron chi connectivity index (χ4n) is 2.61. The molecule has 0 spiro atoms. The number of nitrogens with one attached hydrogen (secondary N) is 3. The van der Waals surface area contributed by atoms with Crippen LogP contribution in [0.3, 0.4) is 0 Å². The van der Waals surface area contributed by atoms with E-state index >= 15 is 0 Å². The molecule has 0 unspecified atom stereocenters. The molecule has 0 aliphatic carbocycles. The molecule has 8 heteroatoms. The normalized spacial score (nSPS) is 10.9. The van der Waals surface area contributed by atoms with Gasteiger partial charge in [-0.3, -0.25) is 5.32 Å². The molecule has 3 N–H and O–H groups in total. The molecule has 3 aromatic rings. The maximum Gasteiger partial charge on any atom is 0.412 e. The van der Waals surface area contributed by atoms with Crippen molar-refractivity contribution in [3.8, 4) is 0 Å². The summed E-state index contributed by atoms with van der Waals surface area (Å²) >= 11 is 6.00. The number of hydrogen-bond donors (Lipinski definition) is 3. The van der Waals surface area contributed by atoms with E-state index in [4.69, 9.17) is 16.3 Å². The van der Waals surface area contributed by atoms with E-state index in [1.54, 1.807) is 18.3 Å². The van der Waals surface area contributed by atoms with E-state index in [1.807, 2.05) is 63.2 Å². The average Bonchev–Trinajstić information content (AvgIpc) is 2.67. The van der Waals surface area contributed by atoms with Gasteiger partial charge in [0, 0.05) is 17.9 Å². The summed E-state index contributed by atoms with van der Waals surface area (Å²) in [6.07, 6.45) is 1.11. The van der Waals surface area contributed by atoms with E-state index in [0.29, 0.717) is 23.7 Å². The molecule has 0 saturated carbocycles. The van der Waals surface area contributed by atoms with Gasteiger partial charge in [0.05, 0.1) is 11.9 Å². The summed E-state index contributed by atoms with van der Waals surface area (Å²) in [6, 6.07) is 17.2. The van der Waals surface area contributed by atoms with Crippen LogP contribution in [0.4, 0.5) is 27.7 Å². The van der Waals surface area contributed by atoms with Gasteiger partial charge in [0.25, 0.3) is 0 Å². The lowest BCUT2D eigenvalue weighted by Gasteiger charge is -2.20. The summed E-state index contributed by atoms with van der Waals surface area (Å²) in [5.74, 6) is 0.528. The van der Waals surface area contributed by atoms with E-state index in [0.717, 1.165) is 11.3 Å². The molecule has 1 heterocycles. The Morgan fingerprint density at radius 2 is 1.80 bits per heavy atom. The molecular weight excluding hydrogens is 402 g/mol. The second-order valence-corrected chi connectivity index (χ2v) is 7.91. The summed E-state index contributed by atoms with van der Waals surface area (Å²) in [5.41, 5.74) is 2.57. The van der Waals surface area contributed by atoms with Crippen LogP contribution >= 0.6 is 11.6 Å². The Labute approximate surface area is 180 Å². The first kappa shape index (κ1) is 21.4. The number of aromatic nitrogens is 2. The van der Waals surface area contributed by atoms with Crippen molar-refractivity contribution in [2.45, 2.75) is 32.9 Å². The van der Waals surface area contributed by atoms with E-state index in [-0.39, 0.29) is 5.28 Å². The molecule has 3 rings (SSSR count). The Kier molecular flexibility index (Phi) is 6.74. The largest absolute Gasteiger partial charge is 0.444 e. The van der Waals surface area contributed by atoms with Gasteiger partial charge in [0.1, 0.15) is 5.60 Å². The van der Waals surface area contributed by atoms with Crippen LogP contribution in [-0.4, -0.2) is 21.7 Å². The van der Waals surface area contributed by atoms with Crippen LogP contribution in [0.15, 0.2) is 60.8 Å². The molecule has 30 heavy (non-hydrogen) atoms. The van der Waals surface area contributed by atoms with Gasteiger partial charge >= 0.3 is 6.09 Å². The quantitative estimate of drug-likeness (QED) is 0.430. The van der Waals surface area contributed by atoms with Crippen molar-refractivity contribution >= 4 is 40.6 Å². The standard InChI is InChI=1S/C22H24ClN5O2/c1-22(2,3)30-21(29)27-17-11-7-10-16(12-17)26-19-18(14-25-20(23)28-19)24-13-15-8-5-4-6-9-15/h4-12,14,24H,13H2,1-3H3,(H,27,29)(H,25,26,28). The molecule has 0 radical (unpaired) electrons. The van der Waals surface area contributed by atoms with Gasteiger partial charge in [-0.15, -0.1) is 0 Å². The van der Waals surface area contributed by atoms with E-state index in [2.05, 4.69) is 25.9 Å². The lowest BCUT2D eigenvalue weighted by Crippen LogP contribution is -2.27. The van der Waals surface area contributed by atoms with Crippen LogP contribution in [0.25, 0.3) is 0 Å². The van der Waals surface area contributed by atoms with Gasteiger partial charge < -0.3 is 15.4 Å². The van der Waals surface area contributed by atoms with Crippen molar-refractivity contribution < 1.29 is 9.53 Å². The molecule has 0 aliphatic heterocycles. The zero-order chi connectivity index (χ0) is 21.6. The molecule has 0 saturated heterocycles. The number of nitrogens with zero attached hydrogens (tertiary/aromatic N) is 2. The number of rotatable bonds is 6. The second-order valence-electron chi connectivity index (χ2n) is 7.57. The Morgan fingerprint density at radius 3 is 2.53 bits per heavy atom. The second kappa shape index (κ2) is 9.45. The van der Waals surface area contributed by atoms with Gasteiger partial charge in [-0.2, -0.15) is 4.98 Å². The Balaban J connectivity index is 1.72. The van der Waals surface area contributed by atoms with Crippen molar-refractivity contribution in [2.75, 3.05) is 16.0 Å². The zero-order valence-corrected chi connectivity index (χ0v) is 17.8. The zero-order valence-electron chi connectivity index (χ0n) is 17.1. The molecule has 156 valence electrons. The maximum absolute atomic E-state index is 12.0. The van der Waals surface area contributed by atoms with E-state index in [1.165, 1.54) is 0 Å². The third-order valence-electron chi connectivity index (χ3n) is 3.86. The van der Waals surface area contributed by atoms with E-state index < -0.39 is 11.7 Å². The number of benzene rings is 2. The molecule has 7 nitrogen and oxygen atoms in total. The third-order valence-corrected chi connectivity index (χ3v) is 4.04. The number of amides is 1. The number of carbonyl (C=O) groups is 1. The molecule has 2 aromatic carbocycles. The molecule has 0 atom stereocenters.